The number of hydrogen-bond acceptors (Lipinski definition) is 5. The molecule has 0 saturated carbocycles. The molecule has 39 heavy (non-hydrogen) atoms. The lowest BCUT2D eigenvalue weighted by atomic mass is 9.95. The van der Waals surface area contributed by atoms with Gasteiger partial charge in [0.2, 0.25) is 5.91 Å². The fraction of sp³-hybridized carbons (Fsp3) is 0.312. The molecule has 1 aromatic heterocycles. The van der Waals surface area contributed by atoms with E-state index in [4.69, 9.17) is 14.2 Å². The molecule has 0 aliphatic carbocycles. The number of benzene rings is 3. The molecule has 0 aliphatic rings. The van der Waals surface area contributed by atoms with Crippen LogP contribution in [0.2, 0.25) is 0 Å². The van der Waals surface area contributed by atoms with Crippen molar-refractivity contribution in [2.45, 2.75) is 54.3 Å². The van der Waals surface area contributed by atoms with Crippen LogP contribution in [0, 0.1) is 5.41 Å². The topological polar surface area (TPSA) is 78.8 Å². The van der Waals surface area contributed by atoms with Crippen LogP contribution in [-0.2, 0) is 16.1 Å². The molecule has 0 aliphatic heterocycles. The van der Waals surface area contributed by atoms with Crippen LogP contribution in [-0.4, -0.2) is 29.2 Å². The van der Waals surface area contributed by atoms with Crippen LogP contribution >= 0.6 is 0 Å². The lowest BCUT2D eigenvalue weighted by Gasteiger charge is -2.18. The molecule has 1 N–H and O–H groups in total. The number of ether oxygens (including phenoxy) is 3. The molecule has 0 fully saturated rings. The average molecular weight is 529 g/mol. The molecular formula is C32H36N2O5. The first-order valence-electron chi connectivity index (χ1n) is 13.2. The van der Waals surface area contributed by atoms with Gasteiger partial charge in [0.15, 0.2) is 5.69 Å². The summed E-state index contributed by atoms with van der Waals surface area (Å²) in [4.78, 5) is 26.6. The summed E-state index contributed by atoms with van der Waals surface area (Å²) in [6.45, 7) is 11.8. The van der Waals surface area contributed by atoms with Gasteiger partial charge in [-0.3, -0.25) is 4.79 Å². The normalized spacial score (nSPS) is 11.5. The second-order valence-electron chi connectivity index (χ2n) is 10.6. The first-order valence-corrected chi connectivity index (χ1v) is 13.2. The number of nitrogens with zero attached hydrogens (tertiary/aromatic N) is 1. The van der Waals surface area contributed by atoms with E-state index in [1.807, 2.05) is 112 Å². The van der Waals surface area contributed by atoms with Gasteiger partial charge < -0.3 is 24.1 Å². The Morgan fingerprint density at radius 1 is 0.923 bits per heavy atom. The Morgan fingerprint density at radius 2 is 1.59 bits per heavy atom. The van der Waals surface area contributed by atoms with E-state index < -0.39 is 11.4 Å². The van der Waals surface area contributed by atoms with Crippen LogP contribution in [0.25, 0.3) is 16.6 Å². The summed E-state index contributed by atoms with van der Waals surface area (Å²) < 4.78 is 19.2. The molecular weight excluding hydrogens is 492 g/mol. The summed E-state index contributed by atoms with van der Waals surface area (Å²) >= 11 is 0. The quantitative estimate of drug-likeness (QED) is 0.233. The lowest BCUT2D eigenvalue weighted by Crippen LogP contribution is -2.28. The van der Waals surface area contributed by atoms with Crippen LogP contribution in [0.4, 0.5) is 5.69 Å². The van der Waals surface area contributed by atoms with Crippen molar-refractivity contribution >= 4 is 28.5 Å². The van der Waals surface area contributed by atoms with Crippen molar-refractivity contribution in [2.75, 3.05) is 11.9 Å². The Bertz CT molecular complexity index is 1450. The molecule has 0 saturated heterocycles. The number of aromatic nitrogens is 1. The van der Waals surface area contributed by atoms with Crippen LogP contribution < -0.4 is 14.8 Å². The van der Waals surface area contributed by atoms with Crippen molar-refractivity contribution in [1.29, 1.82) is 0 Å². The zero-order valence-corrected chi connectivity index (χ0v) is 23.4. The molecule has 0 radical (unpaired) electrons. The smallest absolute Gasteiger partial charge is 0.357 e. The maximum Gasteiger partial charge on any atom is 0.357 e. The second-order valence-corrected chi connectivity index (χ2v) is 10.6. The Kier molecular flexibility index (Phi) is 8.29. The highest BCUT2D eigenvalue weighted by Gasteiger charge is 2.30. The molecule has 1 heterocycles. The molecule has 7 nitrogen and oxygen atoms in total. The van der Waals surface area contributed by atoms with Crippen molar-refractivity contribution in [3.8, 4) is 17.2 Å². The molecule has 0 bridgehead atoms. The highest BCUT2D eigenvalue weighted by atomic mass is 16.5. The third-order valence-electron chi connectivity index (χ3n) is 6.04. The summed E-state index contributed by atoms with van der Waals surface area (Å²) in [6.07, 6.45) is 0.0341. The van der Waals surface area contributed by atoms with Crippen LogP contribution in [0.1, 0.15) is 57.6 Å². The standard InChI is InChI=1S/C32H36N2O5/c1-7-37-30(35)29-28(33-31(36)32(4,5)6)26-19-25(38-20-22-11-9-8-10-12-22)17-18-27(26)34(29)23-13-15-24(16-14-23)39-21(2)3/h8-19,21H,7,20H2,1-6H3,(H,33,36). The van der Waals surface area contributed by atoms with E-state index in [0.29, 0.717) is 23.4 Å². The van der Waals surface area contributed by atoms with Gasteiger partial charge in [-0.25, -0.2) is 4.79 Å². The molecule has 0 atom stereocenters. The van der Waals surface area contributed by atoms with Gasteiger partial charge in [-0.05, 0) is 68.8 Å². The average Bonchev–Trinajstić information content (AvgIpc) is 3.21. The maximum absolute atomic E-state index is 13.4. The Morgan fingerprint density at radius 3 is 2.21 bits per heavy atom. The van der Waals surface area contributed by atoms with Crippen molar-refractivity contribution in [3.63, 3.8) is 0 Å². The fourth-order valence-electron chi connectivity index (χ4n) is 4.14. The predicted octanol–water partition coefficient (Wildman–Crippen LogP) is 7.16. The Labute approximate surface area is 229 Å². The predicted molar refractivity (Wildman–Crippen MR) is 154 cm³/mol. The molecule has 0 unspecified atom stereocenters. The number of esters is 1. The van der Waals surface area contributed by atoms with E-state index in [-0.39, 0.29) is 24.3 Å². The van der Waals surface area contributed by atoms with E-state index in [1.165, 1.54) is 0 Å². The number of anilines is 1. The summed E-state index contributed by atoms with van der Waals surface area (Å²) in [5, 5.41) is 3.69. The van der Waals surface area contributed by atoms with Crippen molar-refractivity contribution < 1.29 is 23.8 Å². The third kappa shape index (κ3) is 6.42. The number of carbonyl (C=O) groups is 2. The summed E-state index contributed by atoms with van der Waals surface area (Å²) in [7, 11) is 0. The zero-order valence-electron chi connectivity index (χ0n) is 23.4. The first-order chi connectivity index (χ1) is 18.6. The maximum atomic E-state index is 13.4. The van der Waals surface area contributed by atoms with Crippen LogP contribution in [0.3, 0.4) is 0 Å². The Balaban J connectivity index is 1.88. The number of carbonyl (C=O) groups excluding carboxylic acids is 2. The van der Waals surface area contributed by atoms with Gasteiger partial charge in [0.25, 0.3) is 0 Å². The largest absolute Gasteiger partial charge is 0.491 e. The number of rotatable bonds is 9. The SMILES string of the molecule is CCOC(=O)c1c(NC(=O)C(C)(C)C)c2cc(OCc3ccccc3)ccc2n1-c1ccc(OC(C)C)cc1. The third-order valence-corrected chi connectivity index (χ3v) is 6.04. The van der Waals surface area contributed by atoms with Crippen LogP contribution in [0.15, 0.2) is 72.8 Å². The number of fused-ring (bicyclic) bond motifs is 1. The van der Waals surface area contributed by atoms with Crippen LogP contribution in [0.5, 0.6) is 11.5 Å². The molecule has 7 heteroatoms. The van der Waals surface area contributed by atoms with Gasteiger partial charge in [-0.15, -0.1) is 0 Å². The molecule has 4 rings (SSSR count). The van der Waals surface area contributed by atoms with Crippen molar-refractivity contribution in [1.82, 2.24) is 4.57 Å². The minimum Gasteiger partial charge on any atom is -0.491 e. The van der Waals surface area contributed by atoms with E-state index in [1.54, 1.807) is 6.92 Å². The summed E-state index contributed by atoms with van der Waals surface area (Å²) in [6, 6.07) is 23.0. The molecule has 204 valence electrons. The molecule has 3 aromatic carbocycles. The van der Waals surface area contributed by atoms with Gasteiger partial charge in [0, 0.05) is 16.5 Å². The van der Waals surface area contributed by atoms with Crippen molar-refractivity contribution in [3.05, 3.63) is 84.1 Å². The van der Waals surface area contributed by atoms with Gasteiger partial charge >= 0.3 is 5.97 Å². The van der Waals surface area contributed by atoms with Crippen molar-refractivity contribution in [2.24, 2.45) is 5.41 Å². The van der Waals surface area contributed by atoms with E-state index in [9.17, 15) is 9.59 Å². The zero-order chi connectivity index (χ0) is 28.2. The monoisotopic (exact) mass is 528 g/mol. The van der Waals surface area contributed by atoms with Gasteiger partial charge in [-0.2, -0.15) is 0 Å². The minimum atomic E-state index is -0.683. The lowest BCUT2D eigenvalue weighted by molar-refractivity contribution is -0.123. The number of amides is 1. The van der Waals surface area contributed by atoms with E-state index in [2.05, 4.69) is 5.32 Å². The van der Waals surface area contributed by atoms with Gasteiger partial charge in [0.1, 0.15) is 18.1 Å². The van der Waals surface area contributed by atoms with Gasteiger partial charge in [-0.1, -0.05) is 51.1 Å². The second kappa shape index (κ2) is 11.6. The first kappa shape index (κ1) is 27.8. The number of nitrogens with one attached hydrogen (secondary N) is 1. The highest BCUT2D eigenvalue weighted by Crippen LogP contribution is 2.38. The Hall–Kier alpha value is -4.26. The minimum absolute atomic E-state index is 0.0341. The molecule has 1 amide bonds. The van der Waals surface area contributed by atoms with E-state index in [0.717, 1.165) is 22.5 Å². The van der Waals surface area contributed by atoms with E-state index >= 15 is 0 Å². The fourth-order valence-corrected chi connectivity index (χ4v) is 4.14. The molecule has 4 aromatic rings. The number of hydrogen-bond donors (Lipinski definition) is 1. The van der Waals surface area contributed by atoms with Gasteiger partial charge in [0.05, 0.1) is 23.9 Å². The summed E-state index contributed by atoms with van der Waals surface area (Å²) in [5.74, 6) is 0.585. The molecule has 0 spiro atoms. The highest BCUT2D eigenvalue weighted by molar-refractivity contribution is 6.13. The summed E-state index contributed by atoms with van der Waals surface area (Å²) in [5.41, 5.74) is 2.43.